The van der Waals surface area contributed by atoms with Gasteiger partial charge in [0.1, 0.15) is 30.6 Å². The molecule has 0 aliphatic heterocycles. The van der Waals surface area contributed by atoms with Crippen molar-refractivity contribution in [2.45, 2.75) is 0 Å². The molecule has 0 atom stereocenters. The molecule has 3 aromatic heterocycles. The molecule has 0 saturated heterocycles. The van der Waals surface area contributed by atoms with Gasteiger partial charge in [0.15, 0.2) is 0 Å². The lowest BCUT2D eigenvalue weighted by Crippen LogP contribution is -2.12. The number of H-pyrrole nitrogens is 1. The number of nitrogens with two attached hydrogens (primary N) is 1. The summed E-state index contributed by atoms with van der Waals surface area (Å²) in [5.41, 5.74) is 7.92. The lowest BCUT2D eigenvalue weighted by atomic mass is 9.95. The second kappa shape index (κ2) is 7.54. The zero-order valence-corrected chi connectivity index (χ0v) is 17.1. The normalized spacial score (nSPS) is 11.2. The first kappa shape index (κ1) is 19.8. The molecule has 0 bridgehead atoms. The maximum absolute atomic E-state index is 12.6. The molecule has 32 heavy (non-hydrogen) atoms. The molecule has 0 spiro atoms. The number of halogens is 1. The topological polar surface area (TPSA) is 127 Å². The summed E-state index contributed by atoms with van der Waals surface area (Å²) in [6.45, 7) is 0. The van der Waals surface area contributed by atoms with Crippen molar-refractivity contribution >= 4 is 64.4 Å². The Bertz CT molecular complexity index is 1580. The number of aromatic nitrogens is 3. The molecule has 154 valence electrons. The number of hydrogen-bond donors (Lipinski definition) is 3. The molecule has 0 aliphatic carbocycles. The van der Waals surface area contributed by atoms with Crippen LogP contribution in [0.2, 0.25) is 5.02 Å². The van der Waals surface area contributed by atoms with Gasteiger partial charge in [0.25, 0.3) is 11.5 Å². The zero-order chi connectivity index (χ0) is 22.4. The standard InChI is InChI=1S/C22H13BClN5O3/c23-11-2-5-16-14(7-11)18-19(32-16)22(31)29-20(28-18)13-4-3-12(8-15(13)24)27-21(30)10-1-6-17(25)26-9-10/h1-9H,(H2,25,26)(H,27,30)(H,28,29,31). The summed E-state index contributed by atoms with van der Waals surface area (Å²) < 4.78 is 5.62. The van der Waals surface area contributed by atoms with Crippen molar-refractivity contribution in [2.24, 2.45) is 0 Å². The van der Waals surface area contributed by atoms with Gasteiger partial charge in [-0.15, -0.1) is 0 Å². The van der Waals surface area contributed by atoms with Gasteiger partial charge in [-0.05, 0) is 36.4 Å². The van der Waals surface area contributed by atoms with Gasteiger partial charge in [0.2, 0.25) is 5.58 Å². The summed E-state index contributed by atoms with van der Waals surface area (Å²) in [4.78, 5) is 36.1. The van der Waals surface area contributed by atoms with E-state index in [0.717, 1.165) is 0 Å². The Morgan fingerprint density at radius 3 is 2.75 bits per heavy atom. The van der Waals surface area contributed by atoms with Crippen LogP contribution in [0.15, 0.2) is 63.9 Å². The Hall–Kier alpha value is -4.11. The second-order valence-corrected chi connectivity index (χ2v) is 7.48. The number of benzene rings is 2. The van der Waals surface area contributed by atoms with Crippen LogP contribution in [-0.2, 0) is 0 Å². The minimum absolute atomic E-state index is 0.103. The van der Waals surface area contributed by atoms with Gasteiger partial charge in [0, 0.05) is 22.8 Å². The third kappa shape index (κ3) is 3.48. The molecule has 3 heterocycles. The van der Waals surface area contributed by atoms with Gasteiger partial charge >= 0.3 is 0 Å². The molecule has 4 N–H and O–H groups in total. The lowest BCUT2D eigenvalue weighted by molar-refractivity contribution is 0.102. The number of amides is 1. The third-order valence-corrected chi connectivity index (χ3v) is 5.19. The number of nitrogens with zero attached hydrogens (tertiary/aromatic N) is 2. The van der Waals surface area contributed by atoms with Crippen LogP contribution in [0.25, 0.3) is 33.5 Å². The predicted molar refractivity (Wildman–Crippen MR) is 125 cm³/mol. The average molecular weight is 442 g/mol. The molecule has 0 aliphatic rings. The van der Waals surface area contributed by atoms with Gasteiger partial charge in [-0.2, -0.15) is 0 Å². The summed E-state index contributed by atoms with van der Waals surface area (Å²) in [7, 11) is 5.87. The van der Waals surface area contributed by atoms with E-state index in [2.05, 4.69) is 20.3 Å². The number of carbonyl (C=O) groups is 1. The van der Waals surface area contributed by atoms with Gasteiger partial charge in [-0.25, -0.2) is 9.97 Å². The van der Waals surface area contributed by atoms with Crippen molar-refractivity contribution in [3.63, 3.8) is 0 Å². The molecule has 10 heteroatoms. The van der Waals surface area contributed by atoms with E-state index in [1.165, 1.54) is 12.3 Å². The number of nitrogens with one attached hydrogen (secondary N) is 2. The molecule has 1 amide bonds. The van der Waals surface area contributed by atoms with Gasteiger partial charge < -0.3 is 20.5 Å². The summed E-state index contributed by atoms with van der Waals surface area (Å²) in [5, 5.41) is 3.65. The van der Waals surface area contributed by atoms with Gasteiger partial charge in [0.05, 0.1) is 10.6 Å². The number of rotatable bonds is 3. The Kier molecular flexibility index (Phi) is 4.68. The van der Waals surface area contributed by atoms with Crippen molar-refractivity contribution in [3.05, 3.63) is 75.7 Å². The molecule has 2 aromatic carbocycles. The highest BCUT2D eigenvalue weighted by Crippen LogP contribution is 2.30. The van der Waals surface area contributed by atoms with Crippen molar-refractivity contribution < 1.29 is 9.21 Å². The Labute approximate surface area is 186 Å². The maximum atomic E-state index is 12.6. The molecule has 5 rings (SSSR count). The number of anilines is 2. The molecule has 0 unspecified atom stereocenters. The van der Waals surface area contributed by atoms with Crippen LogP contribution < -0.4 is 22.1 Å². The fourth-order valence-corrected chi connectivity index (χ4v) is 3.60. The molecular formula is C22H13BClN5O3. The van der Waals surface area contributed by atoms with Gasteiger partial charge in [-0.1, -0.05) is 29.2 Å². The smallest absolute Gasteiger partial charge is 0.294 e. The summed E-state index contributed by atoms with van der Waals surface area (Å²) >= 11 is 6.45. The van der Waals surface area contributed by atoms with Crippen LogP contribution >= 0.6 is 11.6 Å². The van der Waals surface area contributed by atoms with E-state index < -0.39 is 5.56 Å². The maximum Gasteiger partial charge on any atom is 0.294 e. The average Bonchev–Trinajstić information content (AvgIpc) is 3.13. The van der Waals surface area contributed by atoms with Crippen molar-refractivity contribution in [1.82, 2.24) is 15.0 Å². The van der Waals surface area contributed by atoms with E-state index in [4.69, 9.17) is 29.6 Å². The molecule has 8 nitrogen and oxygen atoms in total. The van der Waals surface area contributed by atoms with Crippen molar-refractivity contribution in [2.75, 3.05) is 11.1 Å². The first-order valence-electron chi connectivity index (χ1n) is 9.44. The minimum Gasteiger partial charge on any atom is -0.449 e. The molecule has 0 fully saturated rings. The number of furan rings is 1. The number of fused-ring (bicyclic) bond motifs is 3. The third-order valence-electron chi connectivity index (χ3n) is 4.88. The van der Waals surface area contributed by atoms with E-state index in [0.29, 0.717) is 44.6 Å². The van der Waals surface area contributed by atoms with E-state index in [1.807, 2.05) is 0 Å². The van der Waals surface area contributed by atoms with E-state index in [1.54, 1.807) is 42.5 Å². The fraction of sp³-hybridized carbons (Fsp3) is 0. The van der Waals surface area contributed by atoms with Crippen LogP contribution in [0, 0.1) is 0 Å². The SMILES string of the molecule is [B]c1ccc2oc3c(=O)[nH]c(-c4ccc(NC(=O)c5ccc(N)nc5)cc4Cl)nc3c2c1. The highest BCUT2D eigenvalue weighted by molar-refractivity contribution is 6.34. The summed E-state index contributed by atoms with van der Waals surface area (Å²) in [5.74, 6) is 0.218. The van der Waals surface area contributed by atoms with Crippen LogP contribution in [0.1, 0.15) is 10.4 Å². The van der Waals surface area contributed by atoms with E-state index in [-0.39, 0.29) is 22.3 Å². The monoisotopic (exact) mass is 441 g/mol. The summed E-state index contributed by atoms with van der Waals surface area (Å²) in [6.07, 6.45) is 1.38. The molecular weight excluding hydrogens is 429 g/mol. The first-order valence-corrected chi connectivity index (χ1v) is 9.82. The highest BCUT2D eigenvalue weighted by atomic mass is 35.5. The van der Waals surface area contributed by atoms with Crippen molar-refractivity contribution in [3.8, 4) is 11.4 Å². The van der Waals surface area contributed by atoms with Crippen LogP contribution in [0.4, 0.5) is 11.5 Å². The zero-order valence-electron chi connectivity index (χ0n) is 16.3. The number of hydrogen-bond acceptors (Lipinski definition) is 6. The number of pyridine rings is 1. The molecule has 0 saturated carbocycles. The van der Waals surface area contributed by atoms with E-state index in [9.17, 15) is 9.59 Å². The molecule has 5 aromatic rings. The minimum atomic E-state index is -0.441. The second-order valence-electron chi connectivity index (χ2n) is 7.07. The highest BCUT2D eigenvalue weighted by Gasteiger charge is 2.16. The summed E-state index contributed by atoms with van der Waals surface area (Å²) in [6, 6.07) is 13.0. The largest absolute Gasteiger partial charge is 0.449 e. The Morgan fingerprint density at radius 1 is 1.16 bits per heavy atom. The van der Waals surface area contributed by atoms with Crippen LogP contribution in [0.5, 0.6) is 0 Å². The predicted octanol–water partition coefficient (Wildman–Crippen LogP) is 3.01. The Balaban J connectivity index is 1.51. The van der Waals surface area contributed by atoms with Crippen LogP contribution in [-0.4, -0.2) is 28.7 Å². The van der Waals surface area contributed by atoms with Gasteiger partial charge in [-0.3, -0.25) is 9.59 Å². The van der Waals surface area contributed by atoms with Crippen molar-refractivity contribution in [1.29, 1.82) is 0 Å². The Morgan fingerprint density at radius 2 is 2.00 bits per heavy atom. The van der Waals surface area contributed by atoms with E-state index >= 15 is 0 Å². The number of aromatic amines is 1. The molecule has 2 radical (unpaired) electrons. The lowest BCUT2D eigenvalue weighted by Gasteiger charge is -2.09. The fourth-order valence-electron chi connectivity index (χ4n) is 3.33. The first-order chi connectivity index (χ1) is 15.4. The van der Waals surface area contributed by atoms with Crippen LogP contribution in [0.3, 0.4) is 0 Å². The quantitative estimate of drug-likeness (QED) is 0.369. The number of carbonyl (C=O) groups excluding carboxylic acids is 1. The number of nitrogen functional groups attached to an aromatic ring is 1.